The second kappa shape index (κ2) is 15.2. The fourth-order valence-corrected chi connectivity index (χ4v) is 3.51. The number of aromatic carboxylic acids is 1. The predicted octanol–water partition coefficient (Wildman–Crippen LogP) is 0.969. The van der Waals surface area contributed by atoms with Crippen LogP contribution in [0.3, 0.4) is 0 Å². The number of amides is 3. The van der Waals surface area contributed by atoms with E-state index in [1.165, 1.54) is 60.7 Å². The second-order valence-electron chi connectivity index (χ2n) is 7.42. The van der Waals surface area contributed by atoms with Crippen molar-refractivity contribution < 1.29 is 52.2 Å². The molecule has 0 saturated heterocycles. The van der Waals surface area contributed by atoms with Crippen molar-refractivity contribution >= 4 is 52.5 Å². The molecule has 38 heavy (non-hydrogen) atoms. The van der Waals surface area contributed by atoms with Crippen LogP contribution in [0.5, 0.6) is 5.75 Å². The van der Waals surface area contributed by atoms with E-state index < -0.39 is 23.7 Å². The molecule has 9 nitrogen and oxygen atoms in total. The van der Waals surface area contributed by atoms with Gasteiger partial charge in [0.25, 0.3) is 5.91 Å². The molecule has 0 aliphatic carbocycles. The SMILES string of the molecule is O=C(NCCOCCOc1ccc(NC(=O)c2ccc(Cl)cc2Cl)c(C(=O)[O-])c1)Nc1ccc(F)cc1.[Li+]. The number of carbonyl (C=O) groups is 3. The van der Waals surface area contributed by atoms with Crippen LogP contribution in [-0.2, 0) is 4.74 Å². The molecule has 3 aromatic carbocycles. The molecule has 3 rings (SSSR count). The fraction of sp³-hybridized carbons (Fsp3) is 0.160. The zero-order valence-electron chi connectivity index (χ0n) is 20.2. The Bertz CT molecular complexity index is 1280. The van der Waals surface area contributed by atoms with E-state index in [1.54, 1.807) is 0 Å². The van der Waals surface area contributed by atoms with Crippen LogP contribution in [0.15, 0.2) is 60.7 Å². The molecule has 0 saturated carbocycles. The van der Waals surface area contributed by atoms with Crippen LogP contribution in [0.4, 0.5) is 20.6 Å². The van der Waals surface area contributed by atoms with Gasteiger partial charge in [0.05, 0.1) is 35.5 Å². The Labute approximate surface area is 239 Å². The standard InChI is InChI=1S/C25H22Cl2FN3O6.Li/c26-15-1-7-19(21(27)13-15)23(32)31-22-8-6-18(14-20(22)24(33)34)37-12-11-36-10-9-29-25(35)30-17-4-2-16(28)3-5-17;/h1-8,13-14H,9-12H2,(H,31,32)(H,33,34)(H2,29,30,35);/q;+1/p-1. The molecular formula is C25H21Cl2FLiN3O6. The molecule has 0 unspecified atom stereocenters. The number of hydrogen-bond acceptors (Lipinski definition) is 6. The summed E-state index contributed by atoms with van der Waals surface area (Å²) in [6.07, 6.45) is 0. The summed E-state index contributed by atoms with van der Waals surface area (Å²) in [7, 11) is 0. The van der Waals surface area contributed by atoms with E-state index in [0.29, 0.717) is 10.7 Å². The van der Waals surface area contributed by atoms with Crippen molar-refractivity contribution in [2.24, 2.45) is 0 Å². The third-order valence-corrected chi connectivity index (χ3v) is 5.31. The average molecular weight is 556 g/mol. The molecule has 0 heterocycles. The van der Waals surface area contributed by atoms with Gasteiger partial charge in [0.15, 0.2) is 0 Å². The van der Waals surface area contributed by atoms with Crippen LogP contribution in [0, 0.1) is 5.82 Å². The van der Waals surface area contributed by atoms with Gasteiger partial charge in [-0.15, -0.1) is 0 Å². The first-order chi connectivity index (χ1) is 17.7. The normalized spacial score (nSPS) is 10.2. The van der Waals surface area contributed by atoms with E-state index in [0.717, 1.165) is 0 Å². The molecule has 0 spiro atoms. The molecule has 3 aromatic rings. The van der Waals surface area contributed by atoms with E-state index >= 15 is 0 Å². The van der Waals surface area contributed by atoms with Gasteiger partial charge in [-0.2, -0.15) is 0 Å². The fourth-order valence-electron chi connectivity index (χ4n) is 3.02. The Hall–Kier alpha value is -3.26. The number of hydrogen-bond donors (Lipinski definition) is 3. The number of urea groups is 1. The molecule has 194 valence electrons. The summed E-state index contributed by atoms with van der Waals surface area (Å²) in [5.41, 5.74) is 0.289. The van der Waals surface area contributed by atoms with Crippen molar-refractivity contribution in [3.63, 3.8) is 0 Å². The Morgan fingerprint density at radius 1 is 0.868 bits per heavy atom. The maximum absolute atomic E-state index is 12.9. The molecule has 0 aromatic heterocycles. The second-order valence-corrected chi connectivity index (χ2v) is 8.27. The van der Waals surface area contributed by atoms with Crippen molar-refractivity contribution in [2.75, 3.05) is 37.0 Å². The number of nitrogens with one attached hydrogen (secondary N) is 3. The number of anilines is 2. The van der Waals surface area contributed by atoms with E-state index in [-0.39, 0.29) is 72.8 Å². The smallest absolute Gasteiger partial charge is 0.545 e. The number of carboxylic acids is 1. The third kappa shape index (κ3) is 9.56. The summed E-state index contributed by atoms with van der Waals surface area (Å²) in [6, 6.07) is 13.2. The topological polar surface area (TPSA) is 129 Å². The van der Waals surface area contributed by atoms with Gasteiger partial charge in [-0.1, -0.05) is 23.2 Å². The van der Waals surface area contributed by atoms with Gasteiger partial charge in [0.1, 0.15) is 18.2 Å². The Morgan fingerprint density at radius 3 is 2.29 bits per heavy atom. The number of ether oxygens (including phenoxy) is 2. The van der Waals surface area contributed by atoms with Crippen LogP contribution >= 0.6 is 23.2 Å². The molecule has 0 aliphatic heterocycles. The predicted molar refractivity (Wildman–Crippen MR) is 135 cm³/mol. The maximum atomic E-state index is 12.9. The number of carbonyl (C=O) groups excluding carboxylic acids is 3. The number of rotatable bonds is 11. The largest absolute Gasteiger partial charge is 1.00 e. The zero-order valence-corrected chi connectivity index (χ0v) is 21.7. The van der Waals surface area contributed by atoms with Crippen molar-refractivity contribution in [3.8, 4) is 5.75 Å². The molecule has 3 N–H and O–H groups in total. The van der Waals surface area contributed by atoms with E-state index in [2.05, 4.69) is 16.0 Å². The summed E-state index contributed by atoms with van der Waals surface area (Å²) >= 11 is 11.9. The molecule has 0 aliphatic rings. The van der Waals surface area contributed by atoms with Crippen LogP contribution < -0.4 is 44.7 Å². The van der Waals surface area contributed by atoms with Crippen molar-refractivity contribution in [1.82, 2.24) is 5.32 Å². The molecule has 0 fully saturated rings. The first-order valence-corrected chi connectivity index (χ1v) is 11.6. The van der Waals surface area contributed by atoms with E-state index in [4.69, 9.17) is 32.7 Å². The summed E-state index contributed by atoms with van der Waals surface area (Å²) in [5.74, 6) is -2.31. The van der Waals surface area contributed by atoms with Gasteiger partial charge in [-0.05, 0) is 60.7 Å². The number of halogens is 3. The number of carboxylic acid groups (broad SMARTS) is 1. The van der Waals surface area contributed by atoms with Gasteiger partial charge in [0.2, 0.25) is 0 Å². The van der Waals surface area contributed by atoms with Crippen molar-refractivity contribution in [3.05, 3.63) is 87.7 Å². The van der Waals surface area contributed by atoms with Gasteiger partial charge in [-0.3, -0.25) is 4.79 Å². The van der Waals surface area contributed by atoms with Crippen LogP contribution in [0.2, 0.25) is 10.0 Å². The van der Waals surface area contributed by atoms with Crippen LogP contribution in [-0.4, -0.2) is 44.3 Å². The maximum Gasteiger partial charge on any atom is 1.00 e. The molecule has 13 heteroatoms. The van der Waals surface area contributed by atoms with Gasteiger partial charge in [0, 0.05) is 22.8 Å². The summed E-state index contributed by atoms with van der Waals surface area (Å²) in [4.78, 5) is 35.9. The quantitative estimate of drug-likeness (QED) is 0.239. The van der Waals surface area contributed by atoms with E-state index in [1.807, 2.05) is 0 Å². The molecule has 3 amide bonds. The average Bonchev–Trinajstić information content (AvgIpc) is 2.85. The van der Waals surface area contributed by atoms with E-state index in [9.17, 15) is 23.9 Å². The Morgan fingerprint density at radius 2 is 1.61 bits per heavy atom. The Kier molecular flexibility index (Phi) is 12.4. The first kappa shape index (κ1) is 31.0. The summed E-state index contributed by atoms with van der Waals surface area (Å²) in [6.45, 7) is 0.673. The summed E-state index contributed by atoms with van der Waals surface area (Å²) in [5, 5.41) is 19.7. The van der Waals surface area contributed by atoms with Gasteiger partial charge < -0.3 is 35.3 Å². The van der Waals surface area contributed by atoms with Crippen LogP contribution in [0.1, 0.15) is 20.7 Å². The zero-order chi connectivity index (χ0) is 26.8. The van der Waals surface area contributed by atoms with Crippen LogP contribution in [0.25, 0.3) is 0 Å². The summed E-state index contributed by atoms with van der Waals surface area (Å²) < 4.78 is 23.7. The molecule has 0 radical (unpaired) electrons. The molecular weight excluding hydrogens is 535 g/mol. The first-order valence-electron chi connectivity index (χ1n) is 10.9. The van der Waals surface area contributed by atoms with Gasteiger partial charge in [-0.25, -0.2) is 9.18 Å². The minimum atomic E-state index is -1.51. The monoisotopic (exact) mass is 555 g/mol. The van der Waals surface area contributed by atoms with Gasteiger partial charge >= 0.3 is 24.9 Å². The molecule has 0 bridgehead atoms. The minimum absolute atomic E-state index is 0. The minimum Gasteiger partial charge on any atom is -0.545 e. The third-order valence-electron chi connectivity index (χ3n) is 4.77. The van der Waals surface area contributed by atoms with Crippen molar-refractivity contribution in [2.45, 2.75) is 0 Å². The Balaban J connectivity index is 0.00000507. The van der Waals surface area contributed by atoms with Crippen molar-refractivity contribution in [1.29, 1.82) is 0 Å². The molecule has 0 atom stereocenters. The number of benzene rings is 3.